The summed E-state index contributed by atoms with van der Waals surface area (Å²) in [4.78, 5) is 0. The second kappa shape index (κ2) is 6.57. The molecule has 2 heteroatoms. The van der Waals surface area contributed by atoms with E-state index in [-0.39, 0.29) is 12.4 Å². The Labute approximate surface area is 90.9 Å². The van der Waals surface area contributed by atoms with Crippen molar-refractivity contribution in [2.75, 3.05) is 6.61 Å². The molecule has 0 aliphatic heterocycles. The highest BCUT2D eigenvalue weighted by molar-refractivity contribution is 5.26. The fraction of sp³-hybridized carbons (Fsp3) is 0.538. The summed E-state index contributed by atoms with van der Waals surface area (Å²) < 4.78 is 13.7. The van der Waals surface area contributed by atoms with Crippen LogP contribution < -0.4 is 0 Å². The Balaban J connectivity index is 2.53. The SMILES string of the molecule is CCc1cccc(CCCCCO)c1F. The van der Waals surface area contributed by atoms with Crippen LogP contribution in [-0.2, 0) is 12.8 Å². The molecule has 0 atom stereocenters. The average Bonchev–Trinajstić information content (AvgIpc) is 2.26. The van der Waals surface area contributed by atoms with Crippen LogP contribution >= 0.6 is 0 Å². The topological polar surface area (TPSA) is 20.2 Å². The highest BCUT2D eigenvalue weighted by atomic mass is 19.1. The quantitative estimate of drug-likeness (QED) is 0.715. The molecule has 0 aliphatic rings. The molecule has 0 saturated carbocycles. The highest BCUT2D eigenvalue weighted by Gasteiger charge is 2.05. The molecule has 1 nitrogen and oxygen atoms in total. The van der Waals surface area contributed by atoms with Crippen LogP contribution in [0.3, 0.4) is 0 Å². The van der Waals surface area contributed by atoms with Gasteiger partial charge in [0.1, 0.15) is 5.82 Å². The number of benzene rings is 1. The van der Waals surface area contributed by atoms with Gasteiger partial charge >= 0.3 is 0 Å². The minimum absolute atomic E-state index is 0.0380. The molecule has 1 aromatic rings. The Morgan fingerprint density at radius 3 is 2.53 bits per heavy atom. The molecule has 84 valence electrons. The molecule has 0 heterocycles. The first kappa shape index (κ1) is 12.2. The number of aliphatic hydroxyl groups excluding tert-OH is 1. The summed E-state index contributed by atoms with van der Waals surface area (Å²) >= 11 is 0. The average molecular weight is 210 g/mol. The monoisotopic (exact) mass is 210 g/mol. The molecule has 0 amide bonds. The minimum atomic E-state index is -0.0380. The zero-order valence-corrected chi connectivity index (χ0v) is 9.30. The van der Waals surface area contributed by atoms with Gasteiger partial charge in [0.25, 0.3) is 0 Å². The summed E-state index contributed by atoms with van der Waals surface area (Å²) in [5, 5.41) is 8.63. The van der Waals surface area contributed by atoms with Gasteiger partial charge in [-0.05, 0) is 36.8 Å². The fourth-order valence-electron chi connectivity index (χ4n) is 1.70. The molecule has 0 spiro atoms. The van der Waals surface area contributed by atoms with E-state index >= 15 is 0 Å². The van der Waals surface area contributed by atoms with Gasteiger partial charge in [0.2, 0.25) is 0 Å². The van der Waals surface area contributed by atoms with Gasteiger partial charge in [-0.3, -0.25) is 0 Å². The van der Waals surface area contributed by atoms with Crippen molar-refractivity contribution in [3.05, 3.63) is 35.1 Å². The highest BCUT2D eigenvalue weighted by Crippen LogP contribution is 2.16. The van der Waals surface area contributed by atoms with Crippen molar-refractivity contribution in [2.45, 2.75) is 39.0 Å². The third kappa shape index (κ3) is 3.63. The molecular formula is C13H19FO. The van der Waals surface area contributed by atoms with Crippen LogP contribution in [0.15, 0.2) is 18.2 Å². The third-order valence-electron chi connectivity index (χ3n) is 2.64. The Hall–Kier alpha value is -0.890. The molecular weight excluding hydrogens is 191 g/mol. The summed E-state index contributed by atoms with van der Waals surface area (Å²) in [7, 11) is 0. The first-order valence-electron chi connectivity index (χ1n) is 5.66. The lowest BCUT2D eigenvalue weighted by Crippen LogP contribution is -1.96. The van der Waals surface area contributed by atoms with Gasteiger partial charge in [-0.2, -0.15) is 0 Å². The Morgan fingerprint density at radius 1 is 1.13 bits per heavy atom. The van der Waals surface area contributed by atoms with E-state index in [2.05, 4.69) is 0 Å². The van der Waals surface area contributed by atoms with Gasteiger partial charge < -0.3 is 5.11 Å². The van der Waals surface area contributed by atoms with Crippen molar-refractivity contribution < 1.29 is 9.50 Å². The van der Waals surface area contributed by atoms with Gasteiger partial charge in [0, 0.05) is 6.61 Å². The van der Waals surface area contributed by atoms with E-state index in [0.717, 1.165) is 43.2 Å². The summed E-state index contributed by atoms with van der Waals surface area (Å²) in [6.07, 6.45) is 4.25. The summed E-state index contributed by atoms with van der Waals surface area (Å²) in [5.74, 6) is -0.0380. The van der Waals surface area contributed by atoms with Crippen LogP contribution in [-0.4, -0.2) is 11.7 Å². The normalized spacial score (nSPS) is 10.6. The smallest absolute Gasteiger partial charge is 0.129 e. The Kier molecular flexibility index (Phi) is 5.33. The van der Waals surface area contributed by atoms with E-state index in [4.69, 9.17) is 5.11 Å². The molecule has 0 saturated heterocycles. The summed E-state index contributed by atoms with van der Waals surface area (Å²) in [6, 6.07) is 5.61. The second-order valence-electron chi connectivity index (χ2n) is 3.78. The van der Waals surface area contributed by atoms with Crippen LogP contribution in [0.4, 0.5) is 4.39 Å². The summed E-state index contributed by atoms with van der Waals surface area (Å²) in [5.41, 5.74) is 1.61. The molecule has 0 bridgehead atoms. The van der Waals surface area contributed by atoms with E-state index < -0.39 is 0 Å². The molecule has 0 unspecified atom stereocenters. The van der Waals surface area contributed by atoms with Crippen molar-refractivity contribution in [2.24, 2.45) is 0 Å². The van der Waals surface area contributed by atoms with Crippen LogP contribution in [0, 0.1) is 5.82 Å². The van der Waals surface area contributed by atoms with Crippen molar-refractivity contribution in [3.63, 3.8) is 0 Å². The Bertz CT molecular complexity index is 297. The van der Waals surface area contributed by atoms with Crippen molar-refractivity contribution in [1.29, 1.82) is 0 Å². The fourth-order valence-corrected chi connectivity index (χ4v) is 1.70. The van der Waals surface area contributed by atoms with Gasteiger partial charge in [0.15, 0.2) is 0 Å². The molecule has 0 fully saturated rings. The number of hydrogen-bond acceptors (Lipinski definition) is 1. The predicted octanol–water partition coefficient (Wildman–Crippen LogP) is 3.09. The van der Waals surface area contributed by atoms with Gasteiger partial charge in [-0.1, -0.05) is 31.5 Å². The van der Waals surface area contributed by atoms with Crippen LogP contribution in [0.5, 0.6) is 0 Å². The maximum Gasteiger partial charge on any atom is 0.129 e. The van der Waals surface area contributed by atoms with Crippen molar-refractivity contribution >= 4 is 0 Å². The van der Waals surface area contributed by atoms with Crippen molar-refractivity contribution in [3.8, 4) is 0 Å². The number of hydrogen-bond donors (Lipinski definition) is 1. The molecule has 0 aliphatic carbocycles. The number of aryl methyl sites for hydroxylation is 2. The van der Waals surface area contributed by atoms with Gasteiger partial charge in [-0.15, -0.1) is 0 Å². The number of rotatable bonds is 6. The largest absolute Gasteiger partial charge is 0.396 e. The molecule has 1 N–H and O–H groups in total. The zero-order chi connectivity index (χ0) is 11.1. The minimum Gasteiger partial charge on any atom is -0.396 e. The third-order valence-corrected chi connectivity index (χ3v) is 2.64. The first-order valence-corrected chi connectivity index (χ1v) is 5.66. The van der Waals surface area contributed by atoms with Gasteiger partial charge in [0.05, 0.1) is 0 Å². The van der Waals surface area contributed by atoms with E-state index in [9.17, 15) is 4.39 Å². The van der Waals surface area contributed by atoms with E-state index in [1.807, 2.05) is 25.1 Å². The van der Waals surface area contributed by atoms with Crippen LogP contribution in [0.1, 0.15) is 37.3 Å². The predicted molar refractivity (Wildman–Crippen MR) is 60.4 cm³/mol. The molecule has 0 radical (unpaired) electrons. The number of unbranched alkanes of at least 4 members (excludes halogenated alkanes) is 2. The molecule has 15 heavy (non-hydrogen) atoms. The molecule has 0 aromatic heterocycles. The maximum atomic E-state index is 13.7. The number of aliphatic hydroxyl groups is 1. The lowest BCUT2D eigenvalue weighted by molar-refractivity contribution is 0.283. The van der Waals surface area contributed by atoms with Crippen LogP contribution in [0.25, 0.3) is 0 Å². The standard InChI is InChI=1S/C13H19FO/c1-2-11-8-6-9-12(13(11)14)7-4-3-5-10-15/h6,8-9,15H,2-5,7,10H2,1H3. The lowest BCUT2D eigenvalue weighted by atomic mass is 10.0. The first-order chi connectivity index (χ1) is 7.29. The zero-order valence-electron chi connectivity index (χ0n) is 9.30. The number of halogens is 1. The van der Waals surface area contributed by atoms with Crippen molar-refractivity contribution in [1.82, 2.24) is 0 Å². The molecule has 1 rings (SSSR count). The van der Waals surface area contributed by atoms with Gasteiger partial charge in [-0.25, -0.2) is 4.39 Å². The van der Waals surface area contributed by atoms with E-state index in [1.54, 1.807) is 0 Å². The lowest BCUT2D eigenvalue weighted by Gasteiger charge is -2.06. The summed E-state index contributed by atoms with van der Waals surface area (Å²) in [6.45, 7) is 2.20. The van der Waals surface area contributed by atoms with E-state index in [1.165, 1.54) is 0 Å². The Morgan fingerprint density at radius 2 is 1.87 bits per heavy atom. The maximum absolute atomic E-state index is 13.7. The second-order valence-corrected chi connectivity index (χ2v) is 3.78. The van der Waals surface area contributed by atoms with E-state index in [0.29, 0.717) is 0 Å². The van der Waals surface area contributed by atoms with Crippen LogP contribution in [0.2, 0.25) is 0 Å². The molecule has 1 aromatic carbocycles.